The van der Waals surface area contributed by atoms with Crippen LogP contribution in [0.25, 0.3) is 0 Å². The molecule has 0 unspecified atom stereocenters. The molecular weight excluding hydrogens is 256 g/mol. The van der Waals surface area contributed by atoms with Crippen LogP contribution in [0.15, 0.2) is 0 Å². The van der Waals surface area contributed by atoms with Crippen molar-refractivity contribution < 1.29 is 14.7 Å². The lowest BCUT2D eigenvalue weighted by molar-refractivity contribution is -0.153. The summed E-state index contributed by atoms with van der Waals surface area (Å²) < 4.78 is 0. The molecule has 2 atom stereocenters. The van der Waals surface area contributed by atoms with Gasteiger partial charge in [-0.1, -0.05) is 12.8 Å². The Morgan fingerprint density at radius 1 is 1.00 bits per heavy atom. The third kappa shape index (κ3) is 3.32. The van der Waals surface area contributed by atoms with Gasteiger partial charge in [-0.3, -0.25) is 9.59 Å². The summed E-state index contributed by atoms with van der Waals surface area (Å²) in [5.74, 6) is -1.49. The number of hydrogen-bond donors (Lipinski definition) is 1. The smallest absolute Gasteiger partial charge is 0.307 e. The molecule has 0 aromatic heterocycles. The summed E-state index contributed by atoms with van der Waals surface area (Å²) in [7, 11) is 4.15. The van der Waals surface area contributed by atoms with Gasteiger partial charge in [0.25, 0.3) is 0 Å². The van der Waals surface area contributed by atoms with Crippen LogP contribution < -0.4 is 0 Å². The quantitative estimate of drug-likeness (QED) is 0.850. The van der Waals surface area contributed by atoms with Crippen molar-refractivity contribution in [2.75, 3.05) is 27.2 Å². The summed E-state index contributed by atoms with van der Waals surface area (Å²) in [6.07, 6.45) is 5.29. The predicted octanol–water partition coefficient (Wildman–Crippen LogP) is 1.43. The maximum absolute atomic E-state index is 12.6. The first-order chi connectivity index (χ1) is 9.50. The summed E-state index contributed by atoms with van der Waals surface area (Å²) in [6, 6.07) is 0.542. The molecule has 2 fully saturated rings. The lowest BCUT2D eigenvalue weighted by Gasteiger charge is -2.38. The van der Waals surface area contributed by atoms with Gasteiger partial charge >= 0.3 is 5.97 Å². The number of hydrogen-bond acceptors (Lipinski definition) is 3. The second-order valence-electron chi connectivity index (χ2n) is 6.36. The molecule has 0 spiro atoms. The highest BCUT2D eigenvalue weighted by Gasteiger charge is 2.38. The molecule has 1 amide bonds. The van der Waals surface area contributed by atoms with Crippen LogP contribution in [0.4, 0.5) is 0 Å². The normalized spacial score (nSPS) is 28.6. The maximum atomic E-state index is 12.6. The minimum atomic E-state index is -0.800. The molecule has 1 saturated carbocycles. The van der Waals surface area contributed by atoms with E-state index in [1.165, 1.54) is 0 Å². The van der Waals surface area contributed by atoms with E-state index >= 15 is 0 Å². The third-order valence-corrected chi connectivity index (χ3v) is 4.91. The Balaban J connectivity index is 1.95. The molecule has 1 aliphatic heterocycles. The Labute approximate surface area is 120 Å². The molecule has 0 aromatic rings. The highest BCUT2D eigenvalue weighted by molar-refractivity contribution is 5.85. The fourth-order valence-corrected chi connectivity index (χ4v) is 3.56. The zero-order chi connectivity index (χ0) is 14.7. The summed E-state index contributed by atoms with van der Waals surface area (Å²) >= 11 is 0. The highest BCUT2D eigenvalue weighted by Crippen LogP contribution is 2.32. The van der Waals surface area contributed by atoms with Gasteiger partial charge in [0.1, 0.15) is 0 Å². The van der Waals surface area contributed by atoms with E-state index < -0.39 is 11.9 Å². The van der Waals surface area contributed by atoms with E-state index in [2.05, 4.69) is 19.0 Å². The van der Waals surface area contributed by atoms with Crippen molar-refractivity contribution in [3.63, 3.8) is 0 Å². The average molecular weight is 282 g/mol. The minimum Gasteiger partial charge on any atom is -0.481 e. The lowest BCUT2D eigenvalue weighted by Crippen LogP contribution is -2.48. The fourth-order valence-electron chi connectivity index (χ4n) is 3.56. The van der Waals surface area contributed by atoms with Crippen LogP contribution in [0, 0.1) is 11.8 Å². The average Bonchev–Trinajstić information content (AvgIpc) is 2.46. The molecule has 114 valence electrons. The second kappa shape index (κ2) is 6.57. The number of piperidine rings is 1. The number of amides is 1. The van der Waals surface area contributed by atoms with Crippen molar-refractivity contribution >= 4 is 11.9 Å². The first-order valence-electron chi connectivity index (χ1n) is 7.68. The molecule has 1 heterocycles. The fraction of sp³-hybridized carbons (Fsp3) is 0.867. The first kappa shape index (κ1) is 15.3. The lowest BCUT2D eigenvalue weighted by atomic mass is 9.78. The topological polar surface area (TPSA) is 60.9 Å². The molecule has 1 N–H and O–H groups in total. The molecule has 5 nitrogen and oxygen atoms in total. The molecule has 0 bridgehead atoms. The summed E-state index contributed by atoms with van der Waals surface area (Å²) in [5.41, 5.74) is 0. The van der Waals surface area contributed by atoms with Crippen molar-refractivity contribution in [3.05, 3.63) is 0 Å². The van der Waals surface area contributed by atoms with Gasteiger partial charge < -0.3 is 14.9 Å². The number of carboxylic acids is 1. The van der Waals surface area contributed by atoms with Gasteiger partial charge in [-0.15, -0.1) is 0 Å². The number of carboxylic acid groups (broad SMARTS) is 1. The monoisotopic (exact) mass is 282 g/mol. The van der Waals surface area contributed by atoms with Crippen LogP contribution in [-0.2, 0) is 9.59 Å². The summed E-state index contributed by atoms with van der Waals surface area (Å²) in [4.78, 5) is 28.0. The number of rotatable bonds is 3. The van der Waals surface area contributed by atoms with Crippen molar-refractivity contribution in [1.82, 2.24) is 9.80 Å². The molecule has 20 heavy (non-hydrogen) atoms. The minimum absolute atomic E-state index is 0.0781. The van der Waals surface area contributed by atoms with Crippen LogP contribution in [-0.4, -0.2) is 60.0 Å². The van der Waals surface area contributed by atoms with Crippen molar-refractivity contribution in [3.8, 4) is 0 Å². The zero-order valence-electron chi connectivity index (χ0n) is 12.5. The number of nitrogens with zero attached hydrogens (tertiary/aromatic N) is 2. The van der Waals surface area contributed by atoms with E-state index in [4.69, 9.17) is 0 Å². The van der Waals surface area contributed by atoms with Gasteiger partial charge in [-0.2, -0.15) is 0 Å². The largest absolute Gasteiger partial charge is 0.481 e. The van der Waals surface area contributed by atoms with Crippen molar-refractivity contribution in [2.24, 2.45) is 11.8 Å². The second-order valence-corrected chi connectivity index (χ2v) is 6.36. The van der Waals surface area contributed by atoms with Gasteiger partial charge in [0.05, 0.1) is 11.8 Å². The standard InChI is InChI=1S/C15H26N2O3/c1-16(2)11-7-9-17(10-8-11)14(18)12-5-3-4-6-13(12)15(19)20/h11-13H,3-10H2,1-2H3,(H,19,20)/t12-,13+/m1/s1. The Morgan fingerprint density at radius 3 is 2.05 bits per heavy atom. The Hall–Kier alpha value is -1.10. The summed E-state index contributed by atoms with van der Waals surface area (Å²) in [6.45, 7) is 1.54. The van der Waals surface area contributed by atoms with E-state index in [1.54, 1.807) is 0 Å². The van der Waals surface area contributed by atoms with Crippen LogP contribution >= 0.6 is 0 Å². The van der Waals surface area contributed by atoms with E-state index in [1.807, 2.05) is 4.90 Å². The van der Waals surface area contributed by atoms with E-state index in [0.29, 0.717) is 12.5 Å². The first-order valence-corrected chi connectivity index (χ1v) is 7.68. The molecule has 0 radical (unpaired) electrons. The molecule has 1 aliphatic carbocycles. The molecule has 5 heteroatoms. The molecular formula is C15H26N2O3. The number of aliphatic carboxylic acids is 1. The Kier molecular flexibility index (Phi) is 5.02. The van der Waals surface area contributed by atoms with Gasteiger partial charge in [0, 0.05) is 19.1 Å². The van der Waals surface area contributed by atoms with Gasteiger partial charge in [-0.05, 0) is 39.8 Å². The SMILES string of the molecule is CN(C)C1CCN(C(=O)[C@@H]2CCCC[C@@H]2C(=O)O)CC1. The van der Waals surface area contributed by atoms with E-state index in [9.17, 15) is 14.7 Å². The number of carbonyl (C=O) groups excluding carboxylic acids is 1. The Bertz CT molecular complexity index is 362. The number of likely N-dealkylation sites (tertiary alicyclic amines) is 1. The molecule has 1 saturated heterocycles. The van der Waals surface area contributed by atoms with E-state index in [0.717, 1.165) is 45.2 Å². The Morgan fingerprint density at radius 2 is 1.55 bits per heavy atom. The molecule has 2 rings (SSSR count). The van der Waals surface area contributed by atoms with Crippen LogP contribution in [0.3, 0.4) is 0 Å². The predicted molar refractivity (Wildman–Crippen MR) is 76.4 cm³/mol. The zero-order valence-corrected chi connectivity index (χ0v) is 12.5. The molecule has 2 aliphatic rings. The highest BCUT2D eigenvalue weighted by atomic mass is 16.4. The maximum Gasteiger partial charge on any atom is 0.307 e. The van der Waals surface area contributed by atoms with Crippen LogP contribution in [0.5, 0.6) is 0 Å². The van der Waals surface area contributed by atoms with Gasteiger partial charge in [-0.25, -0.2) is 0 Å². The number of carbonyl (C=O) groups is 2. The molecule has 0 aromatic carbocycles. The summed E-state index contributed by atoms with van der Waals surface area (Å²) in [5, 5.41) is 9.29. The van der Waals surface area contributed by atoms with E-state index in [-0.39, 0.29) is 11.8 Å². The van der Waals surface area contributed by atoms with Crippen LogP contribution in [0.2, 0.25) is 0 Å². The van der Waals surface area contributed by atoms with Crippen molar-refractivity contribution in [1.29, 1.82) is 0 Å². The third-order valence-electron chi connectivity index (χ3n) is 4.91. The van der Waals surface area contributed by atoms with Crippen molar-refractivity contribution in [2.45, 2.75) is 44.6 Å². The van der Waals surface area contributed by atoms with Gasteiger partial charge in [0.2, 0.25) is 5.91 Å². The van der Waals surface area contributed by atoms with Crippen LogP contribution in [0.1, 0.15) is 38.5 Å². The van der Waals surface area contributed by atoms with Gasteiger partial charge in [0.15, 0.2) is 0 Å².